The SMILES string of the molecule is CC(=O)O[C@@H]1O[C@H]2[C@@H]3CC(C)(C)C[C@@H]3[C@@]3(C)C[C@H]2[C@@]1(OC(C)=O)O3. The van der Waals surface area contributed by atoms with E-state index in [9.17, 15) is 9.59 Å². The Morgan fingerprint density at radius 3 is 2.33 bits per heavy atom. The van der Waals surface area contributed by atoms with Crippen molar-refractivity contribution in [1.82, 2.24) is 0 Å². The van der Waals surface area contributed by atoms with Crippen molar-refractivity contribution in [2.45, 2.75) is 77.7 Å². The number of carbonyl (C=O) groups is 2. The Kier molecular flexibility index (Phi) is 3.22. The van der Waals surface area contributed by atoms with Crippen LogP contribution in [0.5, 0.6) is 0 Å². The van der Waals surface area contributed by atoms with Crippen LogP contribution in [0.1, 0.15) is 53.9 Å². The van der Waals surface area contributed by atoms with Crippen LogP contribution in [0.4, 0.5) is 0 Å². The van der Waals surface area contributed by atoms with Crippen molar-refractivity contribution in [2.75, 3.05) is 0 Å². The zero-order valence-corrected chi connectivity index (χ0v) is 15.0. The van der Waals surface area contributed by atoms with Gasteiger partial charge in [-0.15, -0.1) is 0 Å². The number of hydrogen-bond acceptors (Lipinski definition) is 6. The number of rotatable bonds is 2. The maximum Gasteiger partial charge on any atom is 0.305 e. The molecule has 4 rings (SSSR count). The highest BCUT2D eigenvalue weighted by molar-refractivity contribution is 5.67. The molecule has 4 fully saturated rings. The lowest BCUT2D eigenvalue weighted by molar-refractivity contribution is -0.326. The van der Waals surface area contributed by atoms with E-state index < -0.39 is 24.0 Å². The van der Waals surface area contributed by atoms with Gasteiger partial charge in [0, 0.05) is 13.8 Å². The van der Waals surface area contributed by atoms with Gasteiger partial charge >= 0.3 is 11.9 Å². The third-order valence-corrected chi connectivity index (χ3v) is 6.40. The van der Waals surface area contributed by atoms with Gasteiger partial charge in [0.1, 0.15) is 0 Å². The van der Waals surface area contributed by atoms with Gasteiger partial charge in [-0.3, -0.25) is 9.59 Å². The first-order valence-corrected chi connectivity index (χ1v) is 8.79. The van der Waals surface area contributed by atoms with Crippen LogP contribution in [0.25, 0.3) is 0 Å². The molecule has 4 aliphatic rings. The normalized spacial score (nSPS) is 50.5. The molecule has 0 aromatic carbocycles. The average molecular weight is 338 g/mol. The van der Waals surface area contributed by atoms with Gasteiger partial charge in [-0.1, -0.05) is 13.8 Å². The molecular formula is C18H26O6. The molecule has 0 N–H and O–H groups in total. The van der Waals surface area contributed by atoms with Crippen molar-refractivity contribution in [3.63, 3.8) is 0 Å². The van der Waals surface area contributed by atoms with E-state index in [1.54, 1.807) is 0 Å². The van der Waals surface area contributed by atoms with Crippen LogP contribution in [-0.4, -0.2) is 35.7 Å². The Labute approximate surface area is 142 Å². The van der Waals surface area contributed by atoms with Crippen LogP contribution in [-0.2, 0) is 28.5 Å². The van der Waals surface area contributed by atoms with Gasteiger partial charge in [0.05, 0.1) is 17.6 Å². The highest BCUT2D eigenvalue weighted by Gasteiger charge is 2.77. The minimum Gasteiger partial charge on any atom is -0.429 e. The van der Waals surface area contributed by atoms with Gasteiger partial charge in [-0.2, -0.15) is 0 Å². The quantitative estimate of drug-likeness (QED) is 0.720. The zero-order chi connectivity index (χ0) is 17.5. The molecule has 134 valence electrons. The van der Waals surface area contributed by atoms with E-state index in [1.165, 1.54) is 13.8 Å². The summed E-state index contributed by atoms with van der Waals surface area (Å²) in [6.07, 6.45) is 1.78. The molecule has 6 nitrogen and oxygen atoms in total. The van der Waals surface area contributed by atoms with Gasteiger partial charge < -0.3 is 18.9 Å². The Morgan fingerprint density at radius 2 is 1.71 bits per heavy atom. The molecule has 2 aliphatic carbocycles. The van der Waals surface area contributed by atoms with Crippen molar-refractivity contribution in [2.24, 2.45) is 23.2 Å². The lowest BCUT2D eigenvalue weighted by Gasteiger charge is -2.43. The van der Waals surface area contributed by atoms with Gasteiger partial charge in [-0.05, 0) is 43.4 Å². The Hall–Kier alpha value is -1.14. The third kappa shape index (κ3) is 2.08. The summed E-state index contributed by atoms with van der Waals surface area (Å²) in [7, 11) is 0. The molecule has 7 atom stereocenters. The summed E-state index contributed by atoms with van der Waals surface area (Å²) < 4.78 is 23.6. The highest BCUT2D eigenvalue weighted by atomic mass is 16.8. The van der Waals surface area contributed by atoms with Crippen molar-refractivity contribution < 1.29 is 28.5 Å². The van der Waals surface area contributed by atoms with Crippen LogP contribution in [0, 0.1) is 23.2 Å². The molecule has 0 amide bonds. The molecule has 2 saturated carbocycles. The summed E-state index contributed by atoms with van der Waals surface area (Å²) in [5.74, 6) is -1.60. The molecule has 0 spiro atoms. The summed E-state index contributed by atoms with van der Waals surface area (Å²) in [5, 5.41) is 0. The first-order chi connectivity index (χ1) is 11.1. The fraction of sp³-hybridized carbons (Fsp3) is 0.889. The summed E-state index contributed by atoms with van der Waals surface area (Å²) in [6.45, 7) is 9.34. The average Bonchev–Trinajstić information content (AvgIpc) is 2.96. The lowest BCUT2D eigenvalue weighted by atomic mass is 9.67. The van der Waals surface area contributed by atoms with Crippen LogP contribution >= 0.6 is 0 Å². The summed E-state index contributed by atoms with van der Waals surface area (Å²) in [4.78, 5) is 23.3. The fourth-order valence-electron chi connectivity index (χ4n) is 5.84. The van der Waals surface area contributed by atoms with E-state index in [4.69, 9.17) is 18.9 Å². The molecule has 24 heavy (non-hydrogen) atoms. The van der Waals surface area contributed by atoms with Crippen LogP contribution in [0.15, 0.2) is 0 Å². The molecule has 0 aromatic heterocycles. The van der Waals surface area contributed by atoms with Crippen molar-refractivity contribution in [3.8, 4) is 0 Å². The number of hydrogen-bond donors (Lipinski definition) is 0. The first-order valence-electron chi connectivity index (χ1n) is 8.79. The minimum absolute atomic E-state index is 0.0918. The predicted molar refractivity (Wildman–Crippen MR) is 82.5 cm³/mol. The molecule has 6 heteroatoms. The minimum atomic E-state index is -1.30. The second kappa shape index (κ2) is 4.73. The van der Waals surface area contributed by atoms with E-state index >= 15 is 0 Å². The van der Waals surface area contributed by atoms with Crippen molar-refractivity contribution in [3.05, 3.63) is 0 Å². The highest BCUT2D eigenvalue weighted by Crippen LogP contribution is 2.67. The largest absolute Gasteiger partial charge is 0.429 e. The van der Waals surface area contributed by atoms with Gasteiger partial charge in [-0.25, -0.2) is 0 Å². The van der Waals surface area contributed by atoms with E-state index in [1.807, 2.05) is 0 Å². The zero-order valence-electron chi connectivity index (χ0n) is 15.0. The number of carbonyl (C=O) groups excluding carboxylic acids is 2. The van der Waals surface area contributed by atoms with E-state index in [-0.39, 0.29) is 23.0 Å². The monoisotopic (exact) mass is 338 g/mol. The maximum absolute atomic E-state index is 11.8. The van der Waals surface area contributed by atoms with E-state index in [2.05, 4.69) is 20.8 Å². The molecule has 2 aliphatic heterocycles. The maximum atomic E-state index is 11.8. The van der Waals surface area contributed by atoms with E-state index in [0.717, 1.165) is 19.3 Å². The van der Waals surface area contributed by atoms with E-state index in [0.29, 0.717) is 11.8 Å². The van der Waals surface area contributed by atoms with Crippen LogP contribution < -0.4 is 0 Å². The fourth-order valence-corrected chi connectivity index (χ4v) is 5.84. The molecule has 0 radical (unpaired) electrons. The summed E-state index contributed by atoms with van der Waals surface area (Å²) in [5.41, 5.74) is -0.142. The second-order valence-electron chi connectivity index (χ2n) is 8.93. The number of ether oxygens (including phenoxy) is 4. The third-order valence-electron chi connectivity index (χ3n) is 6.40. The van der Waals surface area contributed by atoms with Gasteiger partial charge in [0.2, 0.25) is 0 Å². The Bertz CT molecular complexity index is 600. The molecule has 0 aromatic rings. The number of esters is 2. The first kappa shape index (κ1) is 16.3. The summed E-state index contributed by atoms with van der Waals surface area (Å²) >= 11 is 0. The standard InChI is InChI=1S/C18H26O6/c1-9(19)21-15-18(23-10(2)20)13-8-17(5,24-18)12-7-16(3,4)6-11(12)14(13)22-15/h11-15H,6-8H2,1-5H3/t11-,12+,13-,14+,15-,17-,18-/m1/s1. The van der Waals surface area contributed by atoms with Crippen molar-refractivity contribution in [1.29, 1.82) is 0 Å². The molecule has 2 heterocycles. The van der Waals surface area contributed by atoms with Crippen molar-refractivity contribution >= 4 is 11.9 Å². The summed E-state index contributed by atoms with van der Waals surface area (Å²) in [6, 6.07) is 0. The van der Waals surface area contributed by atoms with Crippen LogP contribution in [0.3, 0.4) is 0 Å². The topological polar surface area (TPSA) is 71.1 Å². The Morgan fingerprint density at radius 1 is 1.00 bits per heavy atom. The molecule has 0 unspecified atom stereocenters. The predicted octanol–water partition coefficient (Wildman–Crippen LogP) is 2.40. The lowest BCUT2D eigenvalue weighted by Crippen LogP contribution is -2.51. The second-order valence-corrected chi connectivity index (χ2v) is 8.93. The Balaban J connectivity index is 1.75. The molecule has 2 saturated heterocycles. The van der Waals surface area contributed by atoms with Gasteiger partial charge in [0.25, 0.3) is 12.1 Å². The molecule has 2 bridgehead atoms. The number of fused-ring (bicyclic) bond motifs is 4. The van der Waals surface area contributed by atoms with Crippen LogP contribution in [0.2, 0.25) is 0 Å². The molecular weight excluding hydrogens is 312 g/mol. The smallest absolute Gasteiger partial charge is 0.305 e. The van der Waals surface area contributed by atoms with Gasteiger partial charge in [0.15, 0.2) is 0 Å².